The summed E-state index contributed by atoms with van der Waals surface area (Å²) in [6.45, 7) is 6.49. The van der Waals surface area contributed by atoms with Crippen molar-refractivity contribution < 1.29 is 9.53 Å². The molecule has 0 radical (unpaired) electrons. The van der Waals surface area contributed by atoms with Gasteiger partial charge in [0.1, 0.15) is 11.6 Å². The van der Waals surface area contributed by atoms with Crippen LogP contribution in [0.25, 0.3) is 11.0 Å². The molecule has 0 saturated carbocycles. The van der Waals surface area contributed by atoms with E-state index >= 15 is 0 Å². The van der Waals surface area contributed by atoms with E-state index in [1.54, 1.807) is 0 Å². The first-order valence-corrected chi connectivity index (χ1v) is 12.1. The van der Waals surface area contributed by atoms with Crippen LogP contribution < -0.4 is 10.1 Å². The van der Waals surface area contributed by atoms with Crippen molar-refractivity contribution in [2.24, 2.45) is 0 Å². The fourth-order valence-corrected chi connectivity index (χ4v) is 4.20. The third kappa shape index (κ3) is 5.84. The van der Waals surface area contributed by atoms with Gasteiger partial charge in [-0.05, 0) is 54.7 Å². The zero-order chi connectivity index (χ0) is 23.8. The zero-order valence-electron chi connectivity index (χ0n) is 20.0. The number of fused-ring (bicyclic) bond motifs is 1. The number of nitrogens with one attached hydrogen (secondary N) is 1. The molecule has 0 spiro atoms. The average molecular weight is 456 g/mol. The first-order valence-electron chi connectivity index (χ1n) is 12.1. The number of nitrogens with zero attached hydrogens (tertiary/aromatic N) is 2. The molecule has 34 heavy (non-hydrogen) atoms. The van der Waals surface area contributed by atoms with Crippen molar-refractivity contribution in [2.75, 3.05) is 13.2 Å². The Morgan fingerprint density at radius 3 is 2.50 bits per heavy atom. The highest BCUT2D eigenvalue weighted by Gasteiger charge is 2.12. The van der Waals surface area contributed by atoms with E-state index in [4.69, 9.17) is 9.72 Å². The number of amides is 1. The normalized spacial score (nSPS) is 11.1. The SMILES string of the molecule is CC(C)c1ccccc1OCCCn1c(CCCNC(=O)c2ccccc2)nc2ccccc21. The van der Waals surface area contributed by atoms with Gasteiger partial charge in [-0.3, -0.25) is 4.79 Å². The maximum atomic E-state index is 12.3. The largest absolute Gasteiger partial charge is 0.493 e. The van der Waals surface area contributed by atoms with Gasteiger partial charge in [0, 0.05) is 25.1 Å². The number of imidazole rings is 1. The van der Waals surface area contributed by atoms with E-state index in [2.05, 4.69) is 60.1 Å². The van der Waals surface area contributed by atoms with E-state index in [9.17, 15) is 4.79 Å². The maximum Gasteiger partial charge on any atom is 0.251 e. The second-order valence-corrected chi connectivity index (χ2v) is 8.79. The Bertz CT molecular complexity index is 1210. The molecule has 0 aliphatic heterocycles. The number of aryl methyl sites for hydroxylation is 2. The highest BCUT2D eigenvalue weighted by molar-refractivity contribution is 5.94. The van der Waals surface area contributed by atoms with Crippen molar-refractivity contribution >= 4 is 16.9 Å². The number of benzene rings is 3. The third-order valence-electron chi connectivity index (χ3n) is 5.96. The second-order valence-electron chi connectivity index (χ2n) is 8.79. The van der Waals surface area contributed by atoms with Crippen molar-refractivity contribution in [3.63, 3.8) is 0 Å². The molecule has 4 aromatic rings. The molecule has 5 nitrogen and oxygen atoms in total. The Morgan fingerprint density at radius 2 is 1.68 bits per heavy atom. The topological polar surface area (TPSA) is 56.1 Å². The number of aromatic nitrogens is 2. The summed E-state index contributed by atoms with van der Waals surface area (Å²) in [7, 11) is 0. The molecule has 1 N–H and O–H groups in total. The Kier molecular flexibility index (Phi) is 7.97. The Morgan fingerprint density at radius 1 is 0.941 bits per heavy atom. The summed E-state index contributed by atoms with van der Waals surface area (Å²) in [4.78, 5) is 17.1. The summed E-state index contributed by atoms with van der Waals surface area (Å²) in [5, 5.41) is 3.01. The highest BCUT2D eigenvalue weighted by atomic mass is 16.5. The van der Waals surface area contributed by atoms with Crippen LogP contribution in [-0.4, -0.2) is 28.6 Å². The summed E-state index contributed by atoms with van der Waals surface area (Å²) in [5.74, 6) is 2.43. The molecule has 0 atom stereocenters. The van der Waals surface area contributed by atoms with Crippen LogP contribution in [0, 0.1) is 0 Å². The lowest BCUT2D eigenvalue weighted by atomic mass is 10.0. The van der Waals surface area contributed by atoms with Crippen LogP contribution in [0.5, 0.6) is 5.75 Å². The fourth-order valence-electron chi connectivity index (χ4n) is 4.20. The van der Waals surface area contributed by atoms with E-state index in [1.807, 2.05) is 42.5 Å². The highest BCUT2D eigenvalue weighted by Crippen LogP contribution is 2.26. The lowest BCUT2D eigenvalue weighted by molar-refractivity contribution is 0.0953. The van der Waals surface area contributed by atoms with E-state index < -0.39 is 0 Å². The van der Waals surface area contributed by atoms with Crippen LogP contribution in [0.4, 0.5) is 0 Å². The number of hydrogen-bond donors (Lipinski definition) is 1. The van der Waals surface area contributed by atoms with Crippen LogP contribution in [0.3, 0.4) is 0 Å². The monoisotopic (exact) mass is 455 g/mol. The zero-order valence-corrected chi connectivity index (χ0v) is 20.0. The average Bonchev–Trinajstić information content (AvgIpc) is 3.22. The lowest BCUT2D eigenvalue weighted by Gasteiger charge is -2.14. The van der Waals surface area contributed by atoms with Crippen LogP contribution >= 0.6 is 0 Å². The van der Waals surface area contributed by atoms with Crippen LogP contribution in [0.1, 0.15) is 54.4 Å². The predicted octanol–water partition coefficient (Wildman–Crippen LogP) is 5.99. The standard InChI is InChI=1S/C29H33N3O2/c1-22(2)24-14-6-9-17-27(24)34-21-11-20-32-26-16-8-7-15-25(26)31-28(32)18-10-19-30-29(33)23-12-4-3-5-13-23/h3-9,12-17,22H,10-11,18-21H2,1-2H3,(H,30,33). The van der Waals surface area contributed by atoms with Gasteiger partial charge in [-0.25, -0.2) is 4.98 Å². The van der Waals surface area contributed by atoms with E-state index in [0.717, 1.165) is 48.4 Å². The van der Waals surface area contributed by atoms with Gasteiger partial charge >= 0.3 is 0 Å². The summed E-state index contributed by atoms with van der Waals surface area (Å²) < 4.78 is 8.43. The molecule has 0 fully saturated rings. The molecule has 1 amide bonds. The minimum Gasteiger partial charge on any atom is -0.493 e. The van der Waals surface area contributed by atoms with E-state index in [-0.39, 0.29) is 5.91 Å². The van der Waals surface area contributed by atoms with Gasteiger partial charge in [0.2, 0.25) is 0 Å². The fraction of sp³-hybridized carbons (Fsp3) is 0.310. The number of carbonyl (C=O) groups excluding carboxylic acids is 1. The minimum atomic E-state index is -0.0343. The van der Waals surface area contributed by atoms with Crippen molar-refractivity contribution in [2.45, 2.75) is 45.6 Å². The van der Waals surface area contributed by atoms with Gasteiger partial charge < -0.3 is 14.6 Å². The number of carbonyl (C=O) groups is 1. The molecule has 1 heterocycles. The van der Waals surface area contributed by atoms with Gasteiger partial charge in [-0.15, -0.1) is 0 Å². The molecule has 5 heteroatoms. The summed E-state index contributed by atoms with van der Waals surface area (Å²) in [6.07, 6.45) is 2.53. The van der Waals surface area contributed by atoms with Gasteiger partial charge in [-0.2, -0.15) is 0 Å². The molecule has 176 valence electrons. The predicted molar refractivity (Wildman–Crippen MR) is 137 cm³/mol. The van der Waals surface area contributed by atoms with Crippen molar-refractivity contribution in [3.8, 4) is 5.75 Å². The van der Waals surface area contributed by atoms with Crippen molar-refractivity contribution in [1.29, 1.82) is 0 Å². The van der Waals surface area contributed by atoms with Crippen LogP contribution in [-0.2, 0) is 13.0 Å². The van der Waals surface area contributed by atoms with Crippen LogP contribution in [0.2, 0.25) is 0 Å². The molecule has 1 aromatic heterocycles. The molecule has 0 bridgehead atoms. The Labute approximate surface area is 201 Å². The lowest BCUT2D eigenvalue weighted by Crippen LogP contribution is -2.24. The number of ether oxygens (including phenoxy) is 1. The minimum absolute atomic E-state index is 0.0343. The van der Waals surface area contributed by atoms with E-state index in [1.165, 1.54) is 5.56 Å². The van der Waals surface area contributed by atoms with Gasteiger partial charge in [0.25, 0.3) is 5.91 Å². The quantitative estimate of drug-likeness (QED) is 0.283. The summed E-state index contributed by atoms with van der Waals surface area (Å²) in [6, 6.07) is 25.9. The molecule has 0 aliphatic carbocycles. The molecule has 0 aliphatic rings. The Balaban J connectivity index is 1.34. The smallest absolute Gasteiger partial charge is 0.251 e. The summed E-state index contributed by atoms with van der Waals surface area (Å²) >= 11 is 0. The van der Waals surface area contributed by atoms with Gasteiger partial charge in [-0.1, -0.05) is 62.4 Å². The number of rotatable bonds is 11. The molecular weight excluding hydrogens is 422 g/mol. The molecule has 0 unspecified atom stereocenters. The summed E-state index contributed by atoms with van der Waals surface area (Å²) in [5.41, 5.74) is 4.09. The molecule has 4 rings (SSSR count). The first-order chi connectivity index (χ1) is 16.6. The molecule has 0 saturated heterocycles. The van der Waals surface area contributed by atoms with Crippen molar-refractivity contribution in [3.05, 3.63) is 95.8 Å². The Hall–Kier alpha value is -3.60. The number of para-hydroxylation sites is 3. The van der Waals surface area contributed by atoms with Gasteiger partial charge in [0.05, 0.1) is 17.6 Å². The van der Waals surface area contributed by atoms with E-state index in [0.29, 0.717) is 24.6 Å². The first kappa shape index (κ1) is 23.6. The maximum absolute atomic E-state index is 12.3. The molecule has 3 aromatic carbocycles. The third-order valence-corrected chi connectivity index (χ3v) is 5.96. The molecular formula is C29H33N3O2. The number of hydrogen-bond acceptors (Lipinski definition) is 3. The van der Waals surface area contributed by atoms with Gasteiger partial charge in [0.15, 0.2) is 0 Å². The second kappa shape index (κ2) is 11.5. The van der Waals surface area contributed by atoms with Crippen molar-refractivity contribution in [1.82, 2.24) is 14.9 Å². The van der Waals surface area contributed by atoms with Crippen LogP contribution in [0.15, 0.2) is 78.9 Å².